The molecule has 1 aliphatic rings. The van der Waals surface area contributed by atoms with E-state index in [4.69, 9.17) is 5.11 Å². The molecule has 0 atom stereocenters. The Morgan fingerprint density at radius 3 is 2.23 bits per heavy atom. The van der Waals surface area contributed by atoms with Crippen LogP contribution in [0, 0.1) is 5.92 Å². The second-order valence-electron chi connectivity index (χ2n) is 4.09. The number of carboxylic acids is 1. The molecule has 0 aromatic rings. The third kappa shape index (κ3) is 2.88. The minimum Gasteiger partial charge on any atom is -0.481 e. The summed E-state index contributed by atoms with van der Waals surface area (Å²) < 4.78 is 0. The number of nitrogens with zero attached hydrogens (tertiary/aromatic N) is 1. The fraction of sp³-hybridized carbons (Fsp3) is 0.889. The molecule has 76 valence electrons. The van der Waals surface area contributed by atoms with Crippen LogP contribution in [0.15, 0.2) is 0 Å². The van der Waals surface area contributed by atoms with Gasteiger partial charge >= 0.3 is 5.97 Å². The molecule has 4 heteroatoms. The minimum atomic E-state index is -0.656. The first-order valence-corrected chi connectivity index (χ1v) is 5.06. The number of rotatable bonds is 2. The molecule has 0 bridgehead atoms. The largest absolute Gasteiger partial charge is 0.481 e. The predicted molar refractivity (Wildman–Crippen MR) is 55.0 cm³/mol. The summed E-state index contributed by atoms with van der Waals surface area (Å²) in [5, 5.41) is 8.79. The maximum absolute atomic E-state index is 10.7. The van der Waals surface area contributed by atoms with Crippen LogP contribution in [-0.4, -0.2) is 33.9 Å². The van der Waals surface area contributed by atoms with Gasteiger partial charge in [0.25, 0.3) is 0 Å². The van der Waals surface area contributed by atoms with Crippen LogP contribution in [0.2, 0.25) is 0 Å². The van der Waals surface area contributed by atoms with Gasteiger partial charge in [0.1, 0.15) is 0 Å². The molecule has 0 amide bonds. The molecule has 0 saturated carbocycles. The Kier molecular flexibility index (Phi) is 3.24. The zero-order valence-corrected chi connectivity index (χ0v) is 9.05. The molecular weight excluding hydrogens is 186 g/mol. The first-order chi connectivity index (χ1) is 5.91. The highest BCUT2D eigenvalue weighted by atomic mass is 32.1. The lowest BCUT2D eigenvalue weighted by Crippen LogP contribution is -2.45. The molecule has 1 N–H and O–H groups in total. The zero-order chi connectivity index (χ0) is 10.1. The third-order valence-electron chi connectivity index (χ3n) is 2.62. The highest BCUT2D eigenvalue weighted by Gasteiger charge is 2.30. The van der Waals surface area contributed by atoms with Crippen molar-refractivity contribution in [3.05, 3.63) is 0 Å². The Morgan fingerprint density at radius 2 is 1.92 bits per heavy atom. The molecule has 1 saturated heterocycles. The van der Waals surface area contributed by atoms with E-state index in [1.54, 1.807) is 0 Å². The number of carboxylic acid groups (broad SMARTS) is 1. The normalized spacial score (nSPS) is 21.8. The van der Waals surface area contributed by atoms with Crippen molar-refractivity contribution in [2.45, 2.75) is 31.6 Å². The highest BCUT2D eigenvalue weighted by molar-refractivity contribution is 7.81. The van der Waals surface area contributed by atoms with Crippen molar-refractivity contribution < 1.29 is 9.90 Å². The van der Waals surface area contributed by atoms with Crippen LogP contribution < -0.4 is 0 Å². The standard InChI is InChI=1S/C9H17NO2S/c1-9(2,13)10-5-3-7(4-6-10)8(11)12/h7,13H,3-6H2,1-2H3,(H,11,12). The number of hydrogen-bond donors (Lipinski definition) is 2. The van der Waals surface area contributed by atoms with Crippen LogP contribution in [0.25, 0.3) is 0 Å². The van der Waals surface area contributed by atoms with Gasteiger partial charge in [-0.25, -0.2) is 0 Å². The molecule has 0 unspecified atom stereocenters. The average Bonchev–Trinajstić information content (AvgIpc) is 2.03. The van der Waals surface area contributed by atoms with Gasteiger partial charge < -0.3 is 5.11 Å². The van der Waals surface area contributed by atoms with E-state index in [1.807, 2.05) is 13.8 Å². The summed E-state index contributed by atoms with van der Waals surface area (Å²) in [7, 11) is 0. The summed E-state index contributed by atoms with van der Waals surface area (Å²) >= 11 is 4.46. The molecule has 0 aromatic carbocycles. The summed E-state index contributed by atoms with van der Waals surface area (Å²) in [6.45, 7) is 5.76. The van der Waals surface area contributed by atoms with Gasteiger partial charge in [-0.2, -0.15) is 12.6 Å². The average molecular weight is 203 g/mol. The Morgan fingerprint density at radius 1 is 1.46 bits per heavy atom. The number of piperidine rings is 1. The zero-order valence-electron chi connectivity index (χ0n) is 8.16. The van der Waals surface area contributed by atoms with Gasteiger partial charge in [-0.15, -0.1) is 0 Å². The molecule has 1 aliphatic heterocycles. The Balaban J connectivity index is 2.44. The topological polar surface area (TPSA) is 40.5 Å². The van der Waals surface area contributed by atoms with Crippen molar-refractivity contribution in [1.82, 2.24) is 4.90 Å². The maximum Gasteiger partial charge on any atom is 0.306 e. The summed E-state index contributed by atoms with van der Waals surface area (Å²) in [6.07, 6.45) is 1.50. The highest BCUT2D eigenvalue weighted by Crippen LogP contribution is 2.26. The van der Waals surface area contributed by atoms with Gasteiger partial charge in [0.15, 0.2) is 0 Å². The van der Waals surface area contributed by atoms with Crippen LogP contribution in [0.5, 0.6) is 0 Å². The van der Waals surface area contributed by atoms with E-state index in [0.29, 0.717) is 0 Å². The van der Waals surface area contributed by atoms with Gasteiger partial charge in [0, 0.05) is 13.1 Å². The molecule has 0 radical (unpaired) electrons. The second-order valence-corrected chi connectivity index (χ2v) is 5.19. The van der Waals surface area contributed by atoms with E-state index in [0.717, 1.165) is 25.9 Å². The first-order valence-electron chi connectivity index (χ1n) is 4.61. The molecule has 13 heavy (non-hydrogen) atoms. The summed E-state index contributed by atoms with van der Waals surface area (Å²) in [5.41, 5.74) is 0. The molecule has 1 fully saturated rings. The van der Waals surface area contributed by atoms with Crippen molar-refractivity contribution in [3.63, 3.8) is 0 Å². The molecule has 0 aliphatic carbocycles. The predicted octanol–water partition coefficient (Wildman–Crippen LogP) is 1.45. The van der Waals surface area contributed by atoms with E-state index < -0.39 is 5.97 Å². The quantitative estimate of drug-likeness (QED) is 0.667. The van der Waals surface area contributed by atoms with Gasteiger partial charge in [0.2, 0.25) is 0 Å². The molecule has 0 aromatic heterocycles. The van der Waals surface area contributed by atoms with E-state index >= 15 is 0 Å². The fourth-order valence-corrected chi connectivity index (χ4v) is 1.87. The smallest absolute Gasteiger partial charge is 0.306 e. The Bertz CT molecular complexity index is 192. The molecule has 1 heterocycles. The molecular formula is C9H17NO2S. The van der Waals surface area contributed by atoms with Crippen LogP contribution in [0.1, 0.15) is 26.7 Å². The summed E-state index contributed by atoms with van der Waals surface area (Å²) in [4.78, 5) is 12.8. The van der Waals surface area contributed by atoms with Gasteiger partial charge in [-0.05, 0) is 26.7 Å². The van der Waals surface area contributed by atoms with Crippen LogP contribution in [0.3, 0.4) is 0 Å². The van der Waals surface area contributed by atoms with Crippen molar-refractivity contribution in [3.8, 4) is 0 Å². The van der Waals surface area contributed by atoms with Crippen molar-refractivity contribution in [2.24, 2.45) is 5.92 Å². The Labute approximate surface area is 84.5 Å². The summed E-state index contributed by atoms with van der Waals surface area (Å²) in [5.74, 6) is -0.802. The van der Waals surface area contributed by atoms with Gasteiger partial charge in [-0.1, -0.05) is 0 Å². The molecule has 1 rings (SSSR count). The Hall–Kier alpha value is -0.220. The lowest BCUT2D eigenvalue weighted by atomic mass is 9.96. The van der Waals surface area contributed by atoms with Gasteiger partial charge in [-0.3, -0.25) is 9.69 Å². The molecule has 0 spiro atoms. The lowest BCUT2D eigenvalue weighted by Gasteiger charge is -2.39. The van der Waals surface area contributed by atoms with E-state index in [1.165, 1.54) is 0 Å². The van der Waals surface area contributed by atoms with Crippen LogP contribution in [0.4, 0.5) is 0 Å². The number of aliphatic carboxylic acids is 1. The third-order valence-corrected chi connectivity index (χ3v) is 2.90. The summed E-state index contributed by atoms with van der Waals surface area (Å²) in [6, 6.07) is 0. The molecule has 3 nitrogen and oxygen atoms in total. The van der Waals surface area contributed by atoms with Crippen LogP contribution in [-0.2, 0) is 4.79 Å². The first kappa shape index (κ1) is 10.9. The van der Waals surface area contributed by atoms with Gasteiger partial charge in [0.05, 0.1) is 10.8 Å². The van der Waals surface area contributed by atoms with E-state index in [-0.39, 0.29) is 10.8 Å². The van der Waals surface area contributed by atoms with E-state index in [9.17, 15) is 4.79 Å². The monoisotopic (exact) mass is 203 g/mol. The number of likely N-dealkylation sites (tertiary alicyclic amines) is 1. The van der Waals surface area contributed by atoms with Crippen molar-refractivity contribution >= 4 is 18.6 Å². The number of carbonyl (C=O) groups is 1. The van der Waals surface area contributed by atoms with Crippen molar-refractivity contribution in [1.29, 1.82) is 0 Å². The maximum atomic E-state index is 10.7. The number of hydrogen-bond acceptors (Lipinski definition) is 3. The number of thiol groups is 1. The minimum absolute atomic E-state index is 0.122. The van der Waals surface area contributed by atoms with Crippen molar-refractivity contribution in [2.75, 3.05) is 13.1 Å². The lowest BCUT2D eigenvalue weighted by molar-refractivity contribution is -0.143. The van der Waals surface area contributed by atoms with E-state index in [2.05, 4.69) is 17.5 Å². The van der Waals surface area contributed by atoms with Crippen LogP contribution >= 0.6 is 12.6 Å². The second kappa shape index (κ2) is 3.88. The fourth-order valence-electron chi connectivity index (χ4n) is 1.67. The SMILES string of the molecule is CC(C)(S)N1CCC(C(=O)O)CC1.